The van der Waals surface area contributed by atoms with Crippen molar-refractivity contribution in [3.05, 3.63) is 0 Å². The number of halogens is 1. The van der Waals surface area contributed by atoms with Crippen molar-refractivity contribution in [2.24, 2.45) is 0 Å². The lowest BCUT2D eigenvalue weighted by Gasteiger charge is -2.40. The summed E-state index contributed by atoms with van der Waals surface area (Å²) in [5.74, 6) is -0.555. The van der Waals surface area contributed by atoms with Crippen LogP contribution in [0.2, 0.25) is 0 Å². The van der Waals surface area contributed by atoms with Gasteiger partial charge in [0.05, 0.1) is 18.6 Å². The fourth-order valence-corrected chi connectivity index (χ4v) is 2.20. The summed E-state index contributed by atoms with van der Waals surface area (Å²) in [6.45, 7) is 9.20. The van der Waals surface area contributed by atoms with Crippen LogP contribution in [0.25, 0.3) is 0 Å². The molecule has 0 radical (unpaired) electrons. The summed E-state index contributed by atoms with van der Waals surface area (Å²) in [4.78, 5) is 11.8. The summed E-state index contributed by atoms with van der Waals surface area (Å²) >= 11 is 5.82. The molecule has 0 spiro atoms. The number of hydrogen-bond acceptors (Lipinski definition) is 4. The predicted molar refractivity (Wildman–Crippen MR) is 69.6 cm³/mol. The lowest BCUT2D eigenvalue weighted by atomic mass is 10.1. The molecule has 1 fully saturated rings. The molecular formula is C13H23ClO4. The molecule has 4 nitrogen and oxygen atoms in total. The number of carbonyl (C=O) groups is 1. The van der Waals surface area contributed by atoms with Crippen molar-refractivity contribution < 1.29 is 19.0 Å². The van der Waals surface area contributed by atoms with Crippen LogP contribution in [-0.4, -0.2) is 35.4 Å². The maximum Gasteiger partial charge on any atom is 0.308 e. The fourth-order valence-electron chi connectivity index (χ4n) is 2.01. The molecule has 0 aromatic rings. The number of alkyl halides is 1. The molecule has 0 amide bonds. The minimum atomic E-state index is -0.704. The van der Waals surface area contributed by atoms with Gasteiger partial charge in [-0.3, -0.25) is 4.79 Å². The van der Waals surface area contributed by atoms with Gasteiger partial charge in [0.15, 0.2) is 5.79 Å². The van der Waals surface area contributed by atoms with Crippen LogP contribution in [-0.2, 0) is 19.0 Å². The molecule has 0 aromatic carbocycles. The topological polar surface area (TPSA) is 44.8 Å². The molecule has 1 heterocycles. The zero-order chi connectivity index (χ0) is 14.0. The highest BCUT2D eigenvalue weighted by Gasteiger charge is 2.36. The Hall–Kier alpha value is -0.320. The highest BCUT2D eigenvalue weighted by molar-refractivity contribution is 6.18. The number of hydrogen-bond donors (Lipinski definition) is 0. The van der Waals surface area contributed by atoms with Crippen molar-refractivity contribution in [2.75, 3.05) is 5.88 Å². The predicted octanol–water partition coefficient (Wildman–Crippen LogP) is 2.87. The summed E-state index contributed by atoms with van der Waals surface area (Å²) in [6, 6.07) is 0. The Morgan fingerprint density at radius 2 is 1.89 bits per heavy atom. The molecule has 1 aliphatic heterocycles. The van der Waals surface area contributed by atoms with E-state index in [0.29, 0.717) is 12.3 Å². The number of carbonyl (C=O) groups excluding carboxylic acids is 1. The van der Waals surface area contributed by atoms with E-state index < -0.39 is 11.4 Å². The van der Waals surface area contributed by atoms with Gasteiger partial charge in [0, 0.05) is 12.3 Å². The molecule has 18 heavy (non-hydrogen) atoms. The molecule has 5 heteroatoms. The Bertz CT molecular complexity index is 296. The van der Waals surface area contributed by atoms with Crippen molar-refractivity contribution >= 4 is 17.6 Å². The zero-order valence-electron chi connectivity index (χ0n) is 11.8. The lowest BCUT2D eigenvalue weighted by molar-refractivity contribution is -0.295. The molecule has 1 aliphatic rings. The van der Waals surface area contributed by atoms with Crippen LogP contribution >= 0.6 is 11.6 Å². The Balaban J connectivity index is 2.53. The van der Waals surface area contributed by atoms with Crippen LogP contribution in [0.1, 0.15) is 47.5 Å². The van der Waals surface area contributed by atoms with E-state index in [1.54, 1.807) is 0 Å². The molecule has 0 bridgehead atoms. The largest absolute Gasteiger partial charge is 0.460 e. The third-order valence-corrected chi connectivity index (χ3v) is 2.76. The van der Waals surface area contributed by atoms with Gasteiger partial charge in [0.25, 0.3) is 0 Å². The van der Waals surface area contributed by atoms with Crippen molar-refractivity contribution in [3.63, 3.8) is 0 Å². The third kappa shape index (κ3) is 5.55. The second-order valence-electron chi connectivity index (χ2n) is 6.06. The van der Waals surface area contributed by atoms with Gasteiger partial charge in [0.2, 0.25) is 0 Å². The number of rotatable bonds is 3. The quantitative estimate of drug-likeness (QED) is 0.588. The standard InChI is InChI=1S/C13H23ClO4/c1-12(2,3)18-11(15)7-9-6-10(8-14)17-13(4,5)16-9/h9-10H,6-8H2,1-5H3. The average molecular weight is 279 g/mol. The number of esters is 1. The van der Waals surface area contributed by atoms with Crippen LogP contribution in [0.4, 0.5) is 0 Å². The van der Waals surface area contributed by atoms with Crippen LogP contribution in [0.5, 0.6) is 0 Å². The van der Waals surface area contributed by atoms with Crippen LogP contribution < -0.4 is 0 Å². The van der Waals surface area contributed by atoms with E-state index >= 15 is 0 Å². The first-order valence-corrected chi connectivity index (χ1v) is 6.78. The second-order valence-corrected chi connectivity index (χ2v) is 6.37. The van der Waals surface area contributed by atoms with E-state index in [1.165, 1.54) is 0 Å². The first-order chi connectivity index (χ1) is 8.11. The fraction of sp³-hybridized carbons (Fsp3) is 0.923. The van der Waals surface area contributed by atoms with E-state index in [4.69, 9.17) is 25.8 Å². The molecule has 106 valence electrons. The average Bonchev–Trinajstić information content (AvgIpc) is 2.11. The maximum absolute atomic E-state index is 11.8. The van der Waals surface area contributed by atoms with Crippen LogP contribution in [0.3, 0.4) is 0 Å². The monoisotopic (exact) mass is 278 g/mol. The van der Waals surface area contributed by atoms with Crippen molar-refractivity contribution in [1.82, 2.24) is 0 Å². The highest BCUT2D eigenvalue weighted by atomic mass is 35.5. The van der Waals surface area contributed by atoms with Gasteiger partial charge in [0.1, 0.15) is 5.60 Å². The van der Waals surface area contributed by atoms with Gasteiger partial charge in [-0.25, -0.2) is 0 Å². The highest BCUT2D eigenvalue weighted by Crippen LogP contribution is 2.29. The lowest BCUT2D eigenvalue weighted by Crippen LogP contribution is -2.46. The Morgan fingerprint density at radius 1 is 1.33 bits per heavy atom. The Kier molecular flexibility index (Phi) is 5.04. The summed E-state index contributed by atoms with van der Waals surface area (Å²) in [7, 11) is 0. The molecule has 0 aromatic heterocycles. The van der Waals surface area contributed by atoms with Crippen molar-refractivity contribution in [3.8, 4) is 0 Å². The first kappa shape index (κ1) is 15.7. The van der Waals surface area contributed by atoms with Gasteiger partial charge < -0.3 is 14.2 Å². The SMILES string of the molecule is CC(C)(C)OC(=O)CC1CC(CCl)OC(C)(C)O1. The van der Waals surface area contributed by atoms with Crippen LogP contribution in [0.15, 0.2) is 0 Å². The summed E-state index contributed by atoms with van der Waals surface area (Å²) in [5, 5.41) is 0. The van der Waals surface area contributed by atoms with Crippen LogP contribution in [0, 0.1) is 0 Å². The summed E-state index contributed by atoms with van der Waals surface area (Å²) in [5.41, 5.74) is -0.469. The second kappa shape index (κ2) is 5.76. The van der Waals surface area contributed by atoms with Crippen molar-refractivity contribution in [1.29, 1.82) is 0 Å². The van der Waals surface area contributed by atoms with Gasteiger partial charge in [-0.15, -0.1) is 11.6 Å². The molecular weight excluding hydrogens is 256 g/mol. The molecule has 2 atom stereocenters. The van der Waals surface area contributed by atoms with Gasteiger partial charge in [-0.2, -0.15) is 0 Å². The number of ether oxygens (including phenoxy) is 3. The molecule has 0 saturated carbocycles. The molecule has 1 saturated heterocycles. The van der Waals surface area contributed by atoms with E-state index in [2.05, 4.69) is 0 Å². The molecule has 1 rings (SSSR count). The molecule has 0 N–H and O–H groups in total. The summed E-state index contributed by atoms with van der Waals surface area (Å²) in [6.07, 6.45) is 0.569. The summed E-state index contributed by atoms with van der Waals surface area (Å²) < 4.78 is 16.6. The molecule has 0 aliphatic carbocycles. The van der Waals surface area contributed by atoms with E-state index in [-0.39, 0.29) is 24.6 Å². The minimum absolute atomic E-state index is 0.0807. The Labute approximate surface area is 114 Å². The first-order valence-electron chi connectivity index (χ1n) is 6.25. The van der Waals surface area contributed by atoms with E-state index in [9.17, 15) is 4.79 Å². The maximum atomic E-state index is 11.8. The van der Waals surface area contributed by atoms with Crippen molar-refractivity contribution in [2.45, 2.75) is 71.1 Å². The van der Waals surface area contributed by atoms with E-state index in [1.807, 2.05) is 34.6 Å². The normalized spacial score (nSPS) is 27.9. The zero-order valence-corrected chi connectivity index (χ0v) is 12.5. The molecule has 2 unspecified atom stereocenters. The van der Waals surface area contributed by atoms with E-state index in [0.717, 1.165) is 0 Å². The minimum Gasteiger partial charge on any atom is -0.460 e. The third-order valence-electron chi connectivity index (χ3n) is 2.41. The Morgan fingerprint density at radius 3 is 2.39 bits per heavy atom. The van der Waals surface area contributed by atoms with Gasteiger partial charge in [-0.1, -0.05) is 0 Å². The van der Waals surface area contributed by atoms with Gasteiger partial charge in [-0.05, 0) is 34.6 Å². The van der Waals surface area contributed by atoms with Gasteiger partial charge >= 0.3 is 5.97 Å². The smallest absolute Gasteiger partial charge is 0.308 e.